The maximum absolute atomic E-state index is 3.60. The molecule has 0 spiro atoms. The number of nitrogens with zero attached hydrogens (tertiary/aromatic N) is 1. The molecule has 1 aliphatic carbocycles. The molecule has 1 rings (SSSR count). The Bertz CT molecular complexity index is 157. The monoisotopic (exact) mass is 212 g/mol. The zero-order valence-electron chi connectivity index (χ0n) is 10.8. The molecule has 2 nitrogen and oxygen atoms in total. The van der Waals surface area contributed by atoms with E-state index in [0.717, 1.165) is 18.6 Å². The van der Waals surface area contributed by atoms with Gasteiger partial charge in [-0.05, 0) is 45.8 Å². The molecule has 1 fully saturated rings. The van der Waals surface area contributed by atoms with Crippen molar-refractivity contribution in [1.29, 1.82) is 0 Å². The smallest absolute Gasteiger partial charge is 0.0107 e. The van der Waals surface area contributed by atoms with E-state index in [4.69, 9.17) is 0 Å². The molecule has 0 aromatic rings. The maximum atomic E-state index is 3.60. The lowest BCUT2D eigenvalue weighted by Gasteiger charge is -2.35. The van der Waals surface area contributed by atoms with Crippen molar-refractivity contribution in [2.45, 2.75) is 64.5 Å². The van der Waals surface area contributed by atoms with Crippen molar-refractivity contribution in [3.8, 4) is 0 Å². The second-order valence-electron chi connectivity index (χ2n) is 4.91. The van der Waals surface area contributed by atoms with Crippen molar-refractivity contribution >= 4 is 0 Å². The largest absolute Gasteiger partial charge is 0.314 e. The molecule has 1 aliphatic rings. The van der Waals surface area contributed by atoms with Gasteiger partial charge in [0.2, 0.25) is 0 Å². The third-order valence-electron chi connectivity index (χ3n) is 3.63. The van der Waals surface area contributed by atoms with E-state index in [0.29, 0.717) is 0 Å². The van der Waals surface area contributed by atoms with Crippen molar-refractivity contribution in [3.05, 3.63) is 0 Å². The van der Waals surface area contributed by atoms with E-state index in [1.54, 1.807) is 0 Å². The lowest BCUT2D eigenvalue weighted by Crippen LogP contribution is -2.43. The van der Waals surface area contributed by atoms with E-state index in [-0.39, 0.29) is 0 Å². The van der Waals surface area contributed by atoms with E-state index in [9.17, 15) is 0 Å². The normalized spacial score (nSPS) is 27.2. The molecule has 15 heavy (non-hydrogen) atoms. The van der Waals surface area contributed by atoms with Crippen LogP contribution in [0.2, 0.25) is 0 Å². The van der Waals surface area contributed by atoms with Gasteiger partial charge in [-0.15, -0.1) is 0 Å². The van der Waals surface area contributed by atoms with Crippen LogP contribution in [-0.2, 0) is 0 Å². The van der Waals surface area contributed by atoms with Crippen LogP contribution in [0.1, 0.15) is 52.4 Å². The fourth-order valence-electron chi connectivity index (χ4n) is 2.63. The van der Waals surface area contributed by atoms with Gasteiger partial charge in [0.15, 0.2) is 0 Å². The van der Waals surface area contributed by atoms with Gasteiger partial charge in [-0.1, -0.05) is 26.7 Å². The van der Waals surface area contributed by atoms with E-state index >= 15 is 0 Å². The Morgan fingerprint density at radius 3 is 2.73 bits per heavy atom. The molecular formula is C13H28N2. The van der Waals surface area contributed by atoms with Crippen LogP contribution in [-0.4, -0.2) is 37.1 Å². The molecule has 90 valence electrons. The predicted octanol–water partition coefficient (Wildman–Crippen LogP) is 2.64. The molecule has 0 radical (unpaired) electrons. The van der Waals surface area contributed by atoms with Crippen LogP contribution < -0.4 is 5.32 Å². The topological polar surface area (TPSA) is 15.3 Å². The van der Waals surface area contributed by atoms with Crippen molar-refractivity contribution in [1.82, 2.24) is 10.2 Å². The van der Waals surface area contributed by atoms with E-state index < -0.39 is 0 Å². The third kappa shape index (κ3) is 4.52. The molecule has 0 saturated heterocycles. The second-order valence-corrected chi connectivity index (χ2v) is 4.91. The lowest BCUT2D eigenvalue weighted by atomic mass is 9.90. The zero-order chi connectivity index (χ0) is 11.1. The summed E-state index contributed by atoms with van der Waals surface area (Å²) in [4.78, 5) is 2.58. The first kappa shape index (κ1) is 13.0. The number of hydrogen-bond donors (Lipinski definition) is 1. The van der Waals surface area contributed by atoms with Crippen molar-refractivity contribution in [2.75, 3.05) is 20.1 Å². The Hall–Kier alpha value is -0.0800. The van der Waals surface area contributed by atoms with Gasteiger partial charge >= 0.3 is 0 Å². The first-order chi connectivity index (χ1) is 7.27. The molecule has 2 heteroatoms. The van der Waals surface area contributed by atoms with Crippen LogP contribution in [0.25, 0.3) is 0 Å². The summed E-state index contributed by atoms with van der Waals surface area (Å²) in [5.74, 6) is 0. The fourth-order valence-corrected chi connectivity index (χ4v) is 2.63. The Morgan fingerprint density at radius 1 is 1.27 bits per heavy atom. The SMILES string of the molecule is CCCCN(C)C1CCCC(NCC)C1. The average molecular weight is 212 g/mol. The van der Waals surface area contributed by atoms with Gasteiger partial charge in [-0.3, -0.25) is 0 Å². The van der Waals surface area contributed by atoms with Gasteiger partial charge in [0.1, 0.15) is 0 Å². The molecule has 0 aliphatic heterocycles. The second kappa shape index (κ2) is 7.24. The highest BCUT2D eigenvalue weighted by molar-refractivity contribution is 4.82. The molecule has 0 heterocycles. The maximum Gasteiger partial charge on any atom is 0.0107 e. The van der Waals surface area contributed by atoms with Gasteiger partial charge in [0.25, 0.3) is 0 Å². The van der Waals surface area contributed by atoms with E-state index in [2.05, 4.69) is 31.1 Å². The Morgan fingerprint density at radius 2 is 2.07 bits per heavy atom. The first-order valence-electron chi connectivity index (χ1n) is 6.71. The third-order valence-corrected chi connectivity index (χ3v) is 3.63. The van der Waals surface area contributed by atoms with Gasteiger partial charge in [-0.2, -0.15) is 0 Å². The Labute approximate surface area is 95.4 Å². The summed E-state index contributed by atoms with van der Waals surface area (Å²) in [5.41, 5.74) is 0. The van der Waals surface area contributed by atoms with Crippen molar-refractivity contribution in [2.24, 2.45) is 0 Å². The predicted molar refractivity (Wildman–Crippen MR) is 67.3 cm³/mol. The number of rotatable bonds is 6. The molecule has 2 atom stereocenters. The van der Waals surface area contributed by atoms with Crippen LogP contribution in [0, 0.1) is 0 Å². The van der Waals surface area contributed by atoms with Gasteiger partial charge in [-0.25, -0.2) is 0 Å². The highest BCUT2D eigenvalue weighted by atomic mass is 15.1. The highest BCUT2D eigenvalue weighted by Crippen LogP contribution is 2.22. The van der Waals surface area contributed by atoms with Gasteiger partial charge < -0.3 is 10.2 Å². The van der Waals surface area contributed by atoms with Crippen molar-refractivity contribution < 1.29 is 0 Å². The summed E-state index contributed by atoms with van der Waals surface area (Å²) in [6.07, 6.45) is 8.20. The molecule has 1 N–H and O–H groups in total. The summed E-state index contributed by atoms with van der Waals surface area (Å²) in [6.45, 7) is 6.89. The van der Waals surface area contributed by atoms with Crippen LogP contribution in [0.5, 0.6) is 0 Å². The Balaban J connectivity index is 2.27. The fraction of sp³-hybridized carbons (Fsp3) is 1.00. The molecular weight excluding hydrogens is 184 g/mol. The van der Waals surface area contributed by atoms with Crippen LogP contribution in [0.4, 0.5) is 0 Å². The number of hydrogen-bond acceptors (Lipinski definition) is 2. The standard InChI is InChI=1S/C13H28N2/c1-4-6-10-15(3)13-9-7-8-12(11-13)14-5-2/h12-14H,4-11H2,1-3H3. The minimum absolute atomic E-state index is 0.776. The molecule has 0 bridgehead atoms. The van der Waals surface area contributed by atoms with Crippen LogP contribution in [0.3, 0.4) is 0 Å². The Kier molecular flexibility index (Phi) is 6.26. The van der Waals surface area contributed by atoms with Crippen molar-refractivity contribution in [3.63, 3.8) is 0 Å². The number of unbranched alkanes of at least 4 members (excludes halogenated alkanes) is 1. The summed E-state index contributed by atoms with van der Waals surface area (Å²) in [7, 11) is 2.30. The lowest BCUT2D eigenvalue weighted by molar-refractivity contribution is 0.168. The quantitative estimate of drug-likeness (QED) is 0.728. The van der Waals surface area contributed by atoms with E-state index in [1.165, 1.54) is 45.1 Å². The summed E-state index contributed by atoms with van der Waals surface area (Å²) in [5, 5.41) is 3.60. The van der Waals surface area contributed by atoms with Crippen LogP contribution >= 0.6 is 0 Å². The van der Waals surface area contributed by atoms with Gasteiger partial charge in [0.05, 0.1) is 0 Å². The molecule has 0 aromatic heterocycles. The summed E-state index contributed by atoms with van der Waals surface area (Å²) >= 11 is 0. The number of nitrogens with one attached hydrogen (secondary N) is 1. The minimum Gasteiger partial charge on any atom is -0.314 e. The highest BCUT2D eigenvalue weighted by Gasteiger charge is 2.23. The molecule has 2 unspecified atom stereocenters. The molecule has 0 amide bonds. The summed E-state index contributed by atoms with van der Waals surface area (Å²) in [6, 6.07) is 1.60. The summed E-state index contributed by atoms with van der Waals surface area (Å²) < 4.78 is 0. The van der Waals surface area contributed by atoms with Crippen LogP contribution in [0.15, 0.2) is 0 Å². The average Bonchev–Trinajstić information content (AvgIpc) is 2.27. The molecule has 0 aromatic carbocycles. The van der Waals surface area contributed by atoms with E-state index in [1.807, 2.05) is 0 Å². The van der Waals surface area contributed by atoms with Gasteiger partial charge in [0, 0.05) is 12.1 Å². The zero-order valence-corrected chi connectivity index (χ0v) is 10.8. The molecule has 1 saturated carbocycles. The first-order valence-corrected chi connectivity index (χ1v) is 6.71. The minimum atomic E-state index is 0.776.